The van der Waals surface area contributed by atoms with Crippen molar-refractivity contribution in [3.8, 4) is 11.1 Å². The summed E-state index contributed by atoms with van der Waals surface area (Å²) in [5.74, 6) is -0.873. The van der Waals surface area contributed by atoms with Gasteiger partial charge in [-0.3, -0.25) is 4.79 Å². The van der Waals surface area contributed by atoms with E-state index >= 15 is 0 Å². The van der Waals surface area contributed by atoms with Crippen LogP contribution in [0.15, 0.2) is 41.8 Å². The monoisotopic (exact) mass is 479 g/mol. The predicted molar refractivity (Wildman–Crippen MR) is 136 cm³/mol. The van der Waals surface area contributed by atoms with E-state index in [0.717, 1.165) is 46.3 Å². The summed E-state index contributed by atoms with van der Waals surface area (Å²) < 4.78 is 5.01. The van der Waals surface area contributed by atoms with Gasteiger partial charge in [-0.05, 0) is 37.5 Å². The number of unbranched alkanes of at least 4 members (excludes halogenated alkanes) is 1. The molecule has 3 aromatic heterocycles. The summed E-state index contributed by atoms with van der Waals surface area (Å²) >= 11 is 2.55. The minimum Gasteiger partial charge on any atom is -0.465 e. The first-order valence-corrected chi connectivity index (χ1v) is 12.4. The fourth-order valence-electron chi connectivity index (χ4n) is 3.56. The van der Waals surface area contributed by atoms with Crippen molar-refractivity contribution in [2.75, 3.05) is 18.2 Å². The Kier molecular flexibility index (Phi) is 6.76. The van der Waals surface area contributed by atoms with Crippen LogP contribution in [0.5, 0.6) is 0 Å². The van der Waals surface area contributed by atoms with Crippen LogP contribution in [0.2, 0.25) is 0 Å². The van der Waals surface area contributed by atoms with Gasteiger partial charge >= 0.3 is 5.97 Å². The highest BCUT2D eigenvalue weighted by Gasteiger charge is 2.24. The van der Waals surface area contributed by atoms with Crippen LogP contribution >= 0.6 is 22.7 Å². The lowest BCUT2D eigenvalue weighted by molar-refractivity contribution is 0.0603. The first-order chi connectivity index (χ1) is 15.9. The number of ether oxygens (including phenoxy) is 1. The molecule has 0 aliphatic carbocycles. The topological polar surface area (TPSA) is 94.3 Å². The van der Waals surface area contributed by atoms with Gasteiger partial charge in [-0.2, -0.15) is 0 Å². The van der Waals surface area contributed by atoms with Crippen molar-refractivity contribution in [2.45, 2.75) is 33.1 Å². The normalized spacial score (nSPS) is 11.0. The second-order valence-electron chi connectivity index (χ2n) is 7.77. The van der Waals surface area contributed by atoms with E-state index in [-0.39, 0.29) is 5.91 Å². The van der Waals surface area contributed by atoms with Gasteiger partial charge in [-0.1, -0.05) is 43.2 Å². The molecule has 0 saturated carbocycles. The number of benzene rings is 1. The van der Waals surface area contributed by atoms with Gasteiger partial charge in [0.15, 0.2) is 0 Å². The zero-order chi connectivity index (χ0) is 23.5. The number of nitrogen functional groups attached to an aromatic ring is 1. The molecule has 6 nitrogen and oxygen atoms in total. The predicted octanol–water partition coefficient (Wildman–Crippen LogP) is 6.30. The van der Waals surface area contributed by atoms with Crippen LogP contribution in [0.1, 0.15) is 51.1 Å². The summed E-state index contributed by atoms with van der Waals surface area (Å²) in [6, 6.07) is 11.7. The SMILES string of the molecule is CCCCc1ccc2c(N)c(C(=O)Nc3scc(-c4ccc(C)cc4)c3C(=O)OC)sc2n1. The van der Waals surface area contributed by atoms with E-state index in [2.05, 4.69) is 17.2 Å². The molecule has 0 aliphatic heterocycles. The number of pyridine rings is 1. The third kappa shape index (κ3) is 4.62. The molecule has 0 bridgehead atoms. The number of fused-ring (bicyclic) bond motifs is 1. The average molecular weight is 480 g/mol. The standard InChI is InChI=1S/C25H25N3O3S2/c1-4-5-6-16-11-12-17-20(26)21(33-23(17)27-16)22(29)28-24-19(25(30)31-3)18(13-32-24)15-9-7-14(2)8-10-15/h7-13H,4-6,26H2,1-3H3,(H,28,29). The number of nitrogens with two attached hydrogens (primary N) is 1. The lowest BCUT2D eigenvalue weighted by atomic mass is 10.0. The van der Waals surface area contributed by atoms with Crippen LogP contribution in [-0.2, 0) is 11.2 Å². The van der Waals surface area contributed by atoms with E-state index in [4.69, 9.17) is 10.5 Å². The molecule has 0 aliphatic rings. The number of aryl methyl sites for hydroxylation is 2. The van der Waals surface area contributed by atoms with Crippen molar-refractivity contribution in [1.82, 2.24) is 4.98 Å². The van der Waals surface area contributed by atoms with Crippen molar-refractivity contribution in [2.24, 2.45) is 0 Å². The molecule has 0 fully saturated rings. The molecule has 4 aromatic rings. The van der Waals surface area contributed by atoms with Gasteiger partial charge in [0.1, 0.15) is 20.3 Å². The van der Waals surface area contributed by atoms with E-state index in [1.807, 2.05) is 48.7 Å². The molecule has 8 heteroatoms. The van der Waals surface area contributed by atoms with Gasteiger partial charge in [0.25, 0.3) is 5.91 Å². The molecule has 0 radical (unpaired) electrons. The van der Waals surface area contributed by atoms with Crippen LogP contribution in [0, 0.1) is 6.92 Å². The zero-order valence-electron chi connectivity index (χ0n) is 18.7. The maximum Gasteiger partial charge on any atom is 0.341 e. The number of nitrogens with zero attached hydrogens (tertiary/aromatic N) is 1. The van der Waals surface area contributed by atoms with Crippen LogP contribution < -0.4 is 11.1 Å². The number of hydrogen-bond acceptors (Lipinski definition) is 7. The number of esters is 1. The van der Waals surface area contributed by atoms with Gasteiger partial charge in [0, 0.05) is 22.0 Å². The van der Waals surface area contributed by atoms with E-state index in [1.165, 1.54) is 29.8 Å². The lowest BCUT2D eigenvalue weighted by Gasteiger charge is -2.08. The third-order valence-electron chi connectivity index (χ3n) is 5.41. The van der Waals surface area contributed by atoms with Crippen molar-refractivity contribution < 1.29 is 14.3 Å². The molecule has 3 N–H and O–H groups in total. The minimum absolute atomic E-state index is 0.333. The molecule has 1 amide bonds. The molecule has 1 aromatic carbocycles. The number of nitrogens with one attached hydrogen (secondary N) is 1. The maximum atomic E-state index is 13.2. The molecule has 33 heavy (non-hydrogen) atoms. The number of rotatable bonds is 7. The van der Waals surface area contributed by atoms with Crippen molar-refractivity contribution in [3.63, 3.8) is 0 Å². The van der Waals surface area contributed by atoms with Gasteiger partial charge in [0.05, 0.1) is 12.8 Å². The van der Waals surface area contributed by atoms with Crippen molar-refractivity contribution >= 4 is 55.5 Å². The quantitative estimate of drug-likeness (QED) is 0.304. The maximum absolute atomic E-state index is 13.2. The van der Waals surface area contributed by atoms with Crippen molar-refractivity contribution in [3.05, 3.63) is 63.5 Å². The Morgan fingerprint density at radius 1 is 1.15 bits per heavy atom. The van der Waals surface area contributed by atoms with E-state index < -0.39 is 5.97 Å². The Labute approximate surface area is 200 Å². The number of anilines is 2. The Bertz CT molecular complexity index is 1320. The second kappa shape index (κ2) is 9.72. The Morgan fingerprint density at radius 2 is 1.91 bits per heavy atom. The first-order valence-electron chi connectivity index (χ1n) is 10.7. The molecule has 0 spiro atoms. The fraction of sp³-hybridized carbons (Fsp3) is 0.240. The molecule has 170 valence electrons. The van der Waals surface area contributed by atoms with Crippen LogP contribution in [-0.4, -0.2) is 24.0 Å². The average Bonchev–Trinajstić information content (AvgIpc) is 3.38. The number of methoxy groups -OCH3 is 1. The summed E-state index contributed by atoms with van der Waals surface area (Å²) in [7, 11) is 1.33. The molecule has 0 atom stereocenters. The number of aromatic nitrogens is 1. The fourth-order valence-corrected chi connectivity index (χ4v) is 5.52. The van der Waals surface area contributed by atoms with Crippen LogP contribution in [0.4, 0.5) is 10.7 Å². The largest absolute Gasteiger partial charge is 0.465 e. The number of hydrogen-bond donors (Lipinski definition) is 2. The minimum atomic E-state index is -0.506. The molecule has 0 saturated heterocycles. The second-order valence-corrected chi connectivity index (χ2v) is 9.65. The Balaban J connectivity index is 1.67. The smallest absolute Gasteiger partial charge is 0.341 e. The summed E-state index contributed by atoms with van der Waals surface area (Å²) in [5.41, 5.74) is 10.7. The number of thiophene rings is 2. The summed E-state index contributed by atoms with van der Waals surface area (Å²) in [6.07, 6.45) is 3.05. The summed E-state index contributed by atoms with van der Waals surface area (Å²) in [5, 5.41) is 5.92. The highest BCUT2D eigenvalue weighted by Crippen LogP contribution is 2.38. The van der Waals surface area contributed by atoms with E-state index in [0.29, 0.717) is 26.7 Å². The molecule has 0 unspecified atom stereocenters. The Morgan fingerprint density at radius 3 is 2.61 bits per heavy atom. The number of carbonyl (C=O) groups is 2. The summed E-state index contributed by atoms with van der Waals surface area (Å²) in [4.78, 5) is 31.6. The van der Waals surface area contributed by atoms with Gasteiger partial charge in [0.2, 0.25) is 0 Å². The highest BCUT2D eigenvalue weighted by molar-refractivity contribution is 7.21. The summed E-state index contributed by atoms with van der Waals surface area (Å²) in [6.45, 7) is 4.14. The zero-order valence-corrected chi connectivity index (χ0v) is 20.4. The first kappa shape index (κ1) is 22.9. The lowest BCUT2D eigenvalue weighted by Crippen LogP contribution is -2.14. The van der Waals surface area contributed by atoms with Gasteiger partial charge < -0.3 is 15.8 Å². The number of carbonyl (C=O) groups excluding carboxylic acids is 2. The van der Waals surface area contributed by atoms with E-state index in [1.54, 1.807) is 0 Å². The van der Waals surface area contributed by atoms with Crippen LogP contribution in [0.3, 0.4) is 0 Å². The van der Waals surface area contributed by atoms with Gasteiger partial charge in [-0.25, -0.2) is 9.78 Å². The van der Waals surface area contributed by atoms with Crippen LogP contribution in [0.25, 0.3) is 21.3 Å². The number of amides is 1. The molecular formula is C25H25N3O3S2. The molecular weight excluding hydrogens is 454 g/mol. The van der Waals surface area contributed by atoms with E-state index in [9.17, 15) is 9.59 Å². The molecule has 3 heterocycles. The third-order valence-corrected chi connectivity index (χ3v) is 7.42. The highest BCUT2D eigenvalue weighted by atomic mass is 32.1. The van der Waals surface area contributed by atoms with Crippen molar-refractivity contribution in [1.29, 1.82) is 0 Å². The van der Waals surface area contributed by atoms with Gasteiger partial charge in [-0.15, -0.1) is 22.7 Å². The molecule has 4 rings (SSSR count). The Hall–Kier alpha value is -3.23.